The second-order valence-electron chi connectivity index (χ2n) is 5.19. The van der Waals surface area contributed by atoms with Crippen LogP contribution in [0.2, 0.25) is 0 Å². The number of aromatic nitrogens is 1. The largest absolute Gasteiger partial charge is 0.444 e. The van der Waals surface area contributed by atoms with Crippen LogP contribution in [0.4, 0.5) is 10.5 Å². The lowest BCUT2D eigenvalue weighted by Gasteiger charge is -2.08. The number of pyridine rings is 1. The fourth-order valence-corrected chi connectivity index (χ4v) is 2.23. The Balaban J connectivity index is 1.59. The second kappa shape index (κ2) is 7.28. The van der Waals surface area contributed by atoms with E-state index in [1.54, 1.807) is 18.2 Å². The Morgan fingerprint density at radius 3 is 2.38 bits per heavy atom. The third kappa shape index (κ3) is 4.10. The molecule has 2 aromatic carbocycles. The van der Waals surface area contributed by atoms with Crippen molar-refractivity contribution < 1.29 is 9.53 Å². The summed E-state index contributed by atoms with van der Waals surface area (Å²) in [5.41, 5.74) is 2.97. The molecule has 0 atom stereocenters. The van der Waals surface area contributed by atoms with Gasteiger partial charge in [0.25, 0.3) is 0 Å². The van der Waals surface area contributed by atoms with E-state index in [0.29, 0.717) is 5.69 Å². The number of carbonyl (C=O) groups excluding carboxylic acids is 1. The van der Waals surface area contributed by atoms with E-state index in [2.05, 4.69) is 10.3 Å². The number of ether oxygens (including phenoxy) is 1. The van der Waals surface area contributed by atoms with Gasteiger partial charge in [0.2, 0.25) is 5.56 Å². The fourth-order valence-electron chi connectivity index (χ4n) is 2.23. The summed E-state index contributed by atoms with van der Waals surface area (Å²) in [6.07, 6.45) is -0.514. The van der Waals surface area contributed by atoms with E-state index >= 15 is 0 Å². The average molecular weight is 320 g/mol. The van der Waals surface area contributed by atoms with Crippen molar-refractivity contribution in [2.75, 3.05) is 5.32 Å². The van der Waals surface area contributed by atoms with Crippen molar-refractivity contribution in [2.24, 2.45) is 0 Å². The van der Waals surface area contributed by atoms with Crippen molar-refractivity contribution in [3.05, 3.63) is 88.7 Å². The molecule has 3 aromatic rings. The van der Waals surface area contributed by atoms with Gasteiger partial charge in [-0.2, -0.15) is 0 Å². The van der Waals surface area contributed by atoms with Gasteiger partial charge < -0.3 is 9.72 Å². The van der Waals surface area contributed by atoms with Gasteiger partial charge in [-0.1, -0.05) is 48.5 Å². The molecule has 2 N–H and O–H groups in total. The van der Waals surface area contributed by atoms with Crippen LogP contribution < -0.4 is 10.9 Å². The second-order valence-corrected chi connectivity index (χ2v) is 5.19. The Bertz CT molecular complexity index is 871. The zero-order valence-electron chi connectivity index (χ0n) is 12.9. The number of H-pyrrole nitrogens is 1. The lowest BCUT2D eigenvalue weighted by molar-refractivity contribution is 0.155. The molecule has 0 aliphatic heterocycles. The zero-order valence-corrected chi connectivity index (χ0v) is 12.9. The molecule has 1 aromatic heterocycles. The molecule has 0 bridgehead atoms. The molecule has 0 aliphatic rings. The number of benzene rings is 2. The van der Waals surface area contributed by atoms with Crippen LogP contribution in [0, 0.1) is 0 Å². The maximum atomic E-state index is 11.8. The third-order valence-corrected chi connectivity index (χ3v) is 3.42. The minimum atomic E-state index is -0.514. The molecule has 0 saturated carbocycles. The summed E-state index contributed by atoms with van der Waals surface area (Å²) in [7, 11) is 0. The SMILES string of the molecule is O=C(Nc1ccc(-c2cccc(=O)[nH]2)cc1)OCc1ccccc1. The Labute approximate surface area is 138 Å². The molecule has 0 spiro atoms. The van der Waals surface area contributed by atoms with Gasteiger partial charge in [-0.25, -0.2) is 4.79 Å². The van der Waals surface area contributed by atoms with Crippen LogP contribution in [0.25, 0.3) is 11.3 Å². The number of carbonyl (C=O) groups is 1. The van der Waals surface area contributed by atoms with E-state index in [-0.39, 0.29) is 12.2 Å². The molecule has 5 heteroatoms. The molecule has 0 fully saturated rings. The van der Waals surface area contributed by atoms with E-state index < -0.39 is 6.09 Å². The molecule has 0 radical (unpaired) electrons. The van der Waals surface area contributed by atoms with Crippen molar-refractivity contribution in [1.29, 1.82) is 0 Å². The number of hydrogen-bond donors (Lipinski definition) is 2. The Hall–Kier alpha value is -3.34. The molecule has 3 rings (SSSR count). The average Bonchev–Trinajstić information content (AvgIpc) is 2.61. The fraction of sp³-hybridized carbons (Fsp3) is 0.0526. The molecule has 1 amide bonds. The number of nitrogens with one attached hydrogen (secondary N) is 2. The maximum absolute atomic E-state index is 11.8. The molecule has 0 aliphatic carbocycles. The highest BCUT2D eigenvalue weighted by atomic mass is 16.5. The first-order chi connectivity index (χ1) is 11.7. The van der Waals surface area contributed by atoms with Crippen molar-refractivity contribution in [1.82, 2.24) is 4.98 Å². The van der Waals surface area contributed by atoms with Crippen LogP contribution in [0.3, 0.4) is 0 Å². The molecular formula is C19H16N2O3. The first-order valence-electron chi connectivity index (χ1n) is 7.48. The molecule has 0 saturated heterocycles. The van der Waals surface area contributed by atoms with E-state index in [9.17, 15) is 9.59 Å². The van der Waals surface area contributed by atoms with Gasteiger partial charge in [-0.15, -0.1) is 0 Å². The highest BCUT2D eigenvalue weighted by molar-refractivity contribution is 5.85. The first kappa shape index (κ1) is 15.6. The topological polar surface area (TPSA) is 71.2 Å². The highest BCUT2D eigenvalue weighted by Gasteiger charge is 2.04. The quantitative estimate of drug-likeness (QED) is 0.768. The summed E-state index contributed by atoms with van der Waals surface area (Å²) in [5, 5.41) is 2.67. The van der Waals surface area contributed by atoms with Gasteiger partial charge >= 0.3 is 6.09 Å². The smallest absolute Gasteiger partial charge is 0.411 e. The summed E-state index contributed by atoms with van der Waals surface area (Å²) in [6.45, 7) is 0.218. The summed E-state index contributed by atoms with van der Waals surface area (Å²) in [4.78, 5) is 25.9. The molecule has 5 nitrogen and oxygen atoms in total. The van der Waals surface area contributed by atoms with E-state index in [4.69, 9.17) is 4.74 Å². The highest BCUT2D eigenvalue weighted by Crippen LogP contribution is 2.18. The summed E-state index contributed by atoms with van der Waals surface area (Å²) >= 11 is 0. The number of rotatable bonds is 4. The van der Waals surface area contributed by atoms with Crippen molar-refractivity contribution >= 4 is 11.8 Å². The van der Waals surface area contributed by atoms with E-state index in [1.165, 1.54) is 6.07 Å². The maximum Gasteiger partial charge on any atom is 0.411 e. The van der Waals surface area contributed by atoms with Crippen LogP contribution in [-0.2, 0) is 11.3 Å². The van der Waals surface area contributed by atoms with Gasteiger partial charge in [-0.3, -0.25) is 10.1 Å². The molecular weight excluding hydrogens is 304 g/mol. The van der Waals surface area contributed by atoms with Gasteiger partial charge in [-0.05, 0) is 29.3 Å². The molecule has 120 valence electrons. The van der Waals surface area contributed by atoms with Crippen molar-refractivity contribution in [3.63, 3.8) is 0 Å². The first-order valence-corrected chi connectivity index (χ1v) is 7.48. The van der Waals surface area contributed by atoms with E-state index in [0.717, 1.165) is 16.8 Å². The normalized spacial score (nSPS) is 10.2. The minimum Gasteiger partial charge on any atom is -0.444 e. The number of hydrogen-bond acceptors (Lipinski definition) is 3. The summed E-state index contributed by atoms with van der Waals surface area (Å²) in [6, 6.07) is 21.6. The van der Waals surface area contributed by atoms with Gasteiger partial charge in [0, 0.05) is 17.4 Å². The van der Waals surface area contributed by atoms with Crippen LogP contribution >= 0.6 is 0 Å². The summed E-state index contributed by atoms with van der Waals surface area (Å²) in [5.74, 6) is 0. The Morgan fingerprint density at radius 1 is 0.917 bits per heavy atom. The van der Waals surface area contributed by atoms with Crippen molar-refractivity contribution in [3.8, 4) is 11.3 Å². The van der Waals surface area contributed by atoms with Gasteiger partial charge in [0.1, 0.15) is 6.61 Å². The number of anilines is 1. The minimum absolute atomic E-state index is 0.154. The van der Waals surface area contributed by atoms with Crippen LogP contribution in [-0.4, -0.2) is 11.1 Å². The van der Waals surface area contributed by atoms with Crippen molar-refractivity contribution in [2.45, 2.75) is 6.61 Å². The van der Waals surface area contributed by atoms with E-state index in [1.807, 2.05) is 48.5 Å². The summed E-state index contributed by atoms with van der Waals surface area (Å²) < 4.78 is 5.17. The predicted molar refractivity (Wildman–Crippen MR) is 92.7 cm³/mol. The molecule has 0 unspecified atom stereocenters. The predicted octanol–water partition coefficient (Wildman–Crippen LogP) is 3.79. The van der Waals surface area contributed by atoms with Gasteiger partial charge in [0.05, 0.1) is 0 Å². The number of aromatic amines is 1. The van der Waals surface area contributed by atoms with Crippen LogP contribution in [0.5, 0.6) is 0 Å². The lowest BCUT2D eigenvalue weighted by Crippen LogP contribution is -2.13. The third-order valence-electron chi connectivity index (χ3n) is 3.42. The standard InChI is InChI=1S/C19H16N2O3/c22-18-8-4-7-17(21-18)15-9-11-16(12-10-15)20-19(23)24-13-14-5-2-1-3-6-14/h1-12H,13H2,(H,20,23)(H,21,22). The Morgan fingerprint density at radius 2 is 1.67 bits per heavy atom. The Kier molecular flexibility index (Phi) is 4.72. The lowest BCUT2D eigenvalue weighted by atomic mass is 10.1. The monoisotopic (exact) mass is 320 g/mol. The molecule has 24 heavy (non-hydrogen) atoms. The number of amides is 1. The molecule has 1 heterocycles. The van der Waals surface area contributed by atoms with Crippen LogP contribution in [0.1, 0.15) is 5.56 Å². The van der Waals surface area contributed by atoms with Gasteiger partial charge in [0.15, 0.2) is 0 Å². The van der Waals surface area contributed by atoms with Crippen LogP contribution in [0.15, 0.2) is 77.6 Å². The zero-order chi connectivity index (χ0) is 16.8.